The van der Waals surface area contributed by atoms with Crippen molar-refractivity contribution in [1.29, 1.82) is 0 Å². The molecule has 4 heteroatoms. The van der Waals surface area contributed by atoms with Gasteiger partial charge in [-0.2, -0.15) is 0 Å². The van der Waals surface area contributed by atoms with Crippen molar-refractivity contribution in [1.82, 2.24) is 0 Å². The Morgan fingerprint density at radius 3 is 2.73 bits per heavy atom. The van der Waals surface area contributed by atoms with Crippen LogP contribution in [0, 0.1) is 9.39 Å². The van der Waals surface area contributed by atoms with Crippen LogP contribution in [0.5, 0.6) is 5.75 Å². The van der Waals surface area contributed by atoms with Gasteiger partial charge in [0.25, 0.3) is 0 Å². The molecule has 1 nitrogen and oxygen atoms in total. The van der Waals surface area contributed by atoms with Gasteiger partial charge < -0.3 is 4.74 Å². The Morgan fingerprint density at radius 2 is 2.18 bits per heavy atom. The van der Waals surface area contributed by atoms with Crippen molar-refractivity contribution in [2.45, 2.75) is 4.90 Å². The Hall–Kier alpha value is 0.0300. The van der Waals surface area contributed by atoms with Crippen molar-refractivity contribution in [3.05, 3.63) is 21.5 Å². The van der Waals surface area contributed by atoms with Crippen LogP contribution in [0.15, 0.2) is 17.0 Å². The molecule has 0 unspecified atom stereocenters. The van der Waals surface area contributed by atoms with E-state index in [0.29, 0.717) is 4.90 Å². The molecule has 0 N–H and O–H groups in total. The normalized spacial score (nSPS) is 9.82. The first-order valence-electron chi connectivity index (χ1n) is 2.87. The summed E-state index contributed by atoms with van der Waals surface area (Å²) in [6.07, 6.45) is 0. The lowest BCUT2D eigenvalue weighted by molar-refractivity contribution is 0.385. The molecule has 60 valence electrons. The van der Waals surface area contributed by atoms with Gasteiger partial charge in [0, 0.05) is 8.47 Å². The van der Waals surface area contributed by atoms with E-state index in [-0.39, 0.29) is 11.6 Å². The zero-order chi connectivity index (χ0) is 8.43. The fourth-order valence-electron chi connectivity index (χ4n) is 0.675. The SMILES string of the molecule is COc1cc(I)c(S)cc1F. The molecule has 0 atom stereocenters. The zero-order valence-electron chi connectivity index (χ0n) is 5.77. The van der Waals surface area contributed by atoms with Crippen LogP contribution >= 0.6 is 35.2 Å². The first-order valence-corrected chi connectivity index (χ1v) is 4.39. The van der Waals surface area contributed by atoms with Crippen LogP contribution < -0.4 is 4.74 Å². The largest absolute Gasteiger partial charge is 0.494 e. The first-order chi connectivity index (χ1) is 5.15. The third kappa shape index (κ3) is 1.99. The predicted octanol–water partition coefficient (Wildman–Crippen LogP) is 2.73. The van der Waals surface area contributed by atoms with Crippen LogP contribution in [0.4, 0.5) is 4.39 Å². The van der Waals surface area contributed by atoms with Crippen molar-refractivity contribution in [2.75, 3.05) is 7.11 Å². The van der Waals surface area contributed by atoms with Crippen molar-refractivity contribution < 1.29 is 9.13 Å². The molecule has 0 saturated carbocycles. The highest BCUT2D eigenvalue weighted by atomic mass is 127. The number of thiol groups is 1. The van der Waals surface area contributed by atoms with E-state index < -0.39 is 0 Å². The summed E-state index contributed by atoms with van der Waals surface area (Å²) >= 11 is 6.12. The topological polar surface area (TPSA) is 9.23 Å². The molecule has 1 rings (SSSR count). The maximum atomic E-state index is 12.9. The van der Waals surface area contributed by atoms with E-state index in [1.807, 2.05) is 0 Å². The van der Waals surface area contributed by atoms with Crippen LogP contribution in [0.3, 0.4) is 0 Å². The second kappa shape index (κ2) is 3.62. The molecule has 0 bridgehead atoms. The second-order valence-corrected chi connectivity index (χ2v) is 3.58. The Bertz CT molecular complexity index is 277. The second-order valence-electron chi connectivity index (χ2n) is 1.94. The summed E-state index contributed by atoms with van der Waals surface area (Å²) in [5, 5.41) is 0. The number of hydrogen-bond donors (Lipinski definition) is 1. The van der Waals surface area contributed by atoms with Crippen LogP contribution in [0.2, 0.25) is 0 Å². The highest BCUT2D eigenvalue weighted by Gasteiger charge is 2.05. The summed E-state index contributed by atoms with van der Waals surface area (Å²) in [4.78, 5) is 0.629. The minimum Gasteiger partial charge on any atom is -0.494 e. The molecule has 0 aromatic heterocycles. The molecule has 0 aliphatic heterocycles. The molecule has 0 aliphatic rings. The zero-order valence-corrected chi connectivity index (χ0v) is 8.82. The Labute approximate surface area is 83.5 Å². The maximum Gasteiger partial charge on any atom is 0.166 e. The third-order valence-corrected chi connectivity index (χ3v) is 2.91. The van der Waals surface area contributed by atoms with E-state index in [1.54, 1.807) is 6.07 Å². The number of methoxy groups -OCH3 is 1. The highest BCUT2D eigenvalue weighted by Crippen LogP contribution is 2.25. The van der Waals surface area contributed by atoms with Gasteiger partial charge in [0.05, 0.1) is 7.11 Å². The molecule has 1 aromatic rings. The summed E-state index contributed by atoms with van der Waals surface area (Å²) in [5.74, 6) is -0.120. The minimum absolute atomic E-state index is 0.257. The van der Waals surface area contributed by atoms with Gasteiger partial charge in [-0.25, -0.2) is 4.39 Å². The Kier molecular flexibility index (Phi) is 3.00. The highest BCUT2D eigenvalue weighted by molar-refractivity contribution is 14.1. The van der Waals surface area contributed by atoms with E-state index in [9.17, 15) is 4.39 Å². The Morgan fingerprint density at radius 1 is 1.55 bits per heavy atom. The third-order valence-electron chi connectivity index (χ3n) is 1.22. The molecule has 0 spiro atoms. The Balaban J connectivity index is 3.21. The van der Waals surface area contributed by atoms with Gasteiger partial charge in [0.1, 0.15) is 0 Å². The molecular formula is C7H6FIOS. The summed E-state index contributed by atoms with van der Waals surface area (Å²) in [5.41, 5.74) is 0. The van der Waals surface area contributed by atoms with E-state index >= 15 is 0 Å². The fourth-order valence-corrected chi connectivity index (χ4v) is 1.29. The van der Waals surface area contributed by atoms with Gasteiger partial charge in [-0.15, -0.1) is 12.6 Å². The van der Waals surface area contributed by atoms with Crippen molar-refractivity contribution in [3.8, 4) is 5.75 Å². The van der Waals surface area contributed by atoms with Gasteiger partial charge >= 0.3 is 0 Å². The lowest BCUT2D eigenvalue weighted by Crippen LogP contribution is -1.89. The average molecular weight is 284 g/mol. The number of halogens is 2. The van der Waals surface area contributed by atoms with Gasteiger partial charge in [-0.05, 0) is 34.7 Å². The smallest absolute Gasteiger partial charge is 0.166 e. The molecule has 0 aliphatic carbocycles. The summed E-state index contributed by atoms with van der Waals surface area (Å²) in [6, 6.07) is 2.95. The maximum absolute atomic E-state index is 12.9. The number of ether oxygens (including phenoxy) is 1. The van der Waals surface area contributed by atoms with Gasteiger partial charge in [0.15, 0.2) is 11.6 Å². The van der Waals surface area contributed by atoms with Gasteiger partial charge in [-0.1, -0.05) is 0 Å². The van der Waals surface area contributed by atoms with E-state index in [4.69, 9.17) is 4.74 Å². The van der Waals surface area contributed by atoms with Crippen LogP contribution in [0.1, 0.15) is 0 Å². The first kappa shape index (κ1) is 9.12. The van der Waals surface area contributed by atoms with Crippen LogP contribution in [-0.2, 0) is 0 Å². The minimum atomic E-state index is -0.377. The van der Waals surface area contributed by atoms with Gasteiger partial charge in [-0.3, -0.25) is 0 Å². The number of hydrogen-bond acceptors (Lipinski definition) is 2. The molecular weight excluding hydrogens is 278 g/mol. The lowest BCUT2D eigenvalue weighted by atomic mass is 10.3. The average Bonchev–Trinajstić information content (AvgIpc) is 1.97. The van der Waals surface area contributed by atoms with Gasteiger partial charge in [0.2, 0.25) is 0 Å². The molecule has 0 saturated heterocycles. The van der Waals surface area contributed by atoms with Crippen LogP contribution in [0.25, 0.3) is 0 Å². The van der Waals surface area contributed by atoms with E-state index in [1.165, 1.54) is 13.2 Å². The predicted molar refractivity (Wildman–Crippen MR) is 52.9 cm³/mol. The van der Waals surface area contributed by atoms with Crippen molar-refractivity contribution in [3.63, 3.8) is 0 Å². The lowest BCUT2D eigenvalue weighted by Gasteiger charge is -2.03. The van der Waals surface area contributed by atoms with E-state index in [2.05, 4.69) is 35.2 Å². The number of benzene rings is 1. The molecule has 1 aromatic carbocycles. The molecule has 0 radical (unpaired) electrons. The quantitative estimate of drug-likeness (QED) is 0.616. The molecule has 0 heterocycles. The van der Waals surface area contributed by atoms with E-state index in [0.717, 1.165) is 3.57 Å². The standard InChI is InChI=1S/C7H6FIOS/c1-10-6-3-5(9)7(11)2-4(6)8/h2-3,11H,1H3. The molecule has 0 amide bonds. The summed E-state index contributed by atoms with van der Waals surface area (Å²) in [6.45, 7) is 0. The molecule has 11 heavy (non-hydrogen) atoms. The fraction of sp³-hybridized carbons (Fsp3) is 0.143. The summed E-state index contributed by atoms with van der Waals surface area (Å²) < 4.78 is 18.5. The van der Waals surface area contributed by atoms with Crippen molar-refractivity contribution >= 4 is 35.2 Å². The van der Waals surface area contributed by atoms with Crippen molar-refractivity contribution in [2.24, 2.45) is 0 Å². The summed E-state index contributed by atoms with van der Waals surface area (Å²) in [7, 11) is 1.44. The monoisotopic (exact) mass is 284 g/mol. The molecule has 0 fully saturated rings. The van der Waals surface area contributed by atoms with Crippen LogP contribution in [-0.4, -0.2) is 7.11 Å². The number of rotatable bonds is 1.